The molecule has 8 heteroatoms. The second-order valence-corrected chi connectivity index (χ2v) is 7.16. The minimum Gasteiger partial charge on any atom is -0.380 e. The predicted molar refractivity (Wildman–Crippen MR) is 103 cm³/mol. The Balaban J connectivity index is 2.11. The number of amides is 1. The maximum Gasteiger partial charge on any atom is 0.279 e. The summed E-state index contributed by atoms with van der Waals surface area (Å²) in [6.45, 7) is 3.41. The van der Waals surface area contributed by atoms with Gasteiger partial charge in [0.1, 0.15) is 5.82 Å². The molecule has 0 atom stereocenters. The molecule has 0 spiro atoms. The van der Waals surface area contributed by atoms with Crippen molar-refractivity contribution in [3.05, 3.63) is 62.6 Å². The molecule has 0 fully saturated rings. The molecule has 0 unspecified atom stereocenters. The highest BCUT2D eigenvalue weighted by Crippen LogP contribution is 2.32. The molecule has 0 aliphatic rings. The molecular formula is C18H15Cl2FN2O2S. The molecule has 136 valence electrons. The maximum atomic E-state index is 13.1. The van der Waals surface area contributed by atoms with E-state index in [1.807, 2.05) is 17.6 Å². The Morgan fingerprint density at radius 1 is 1.23 bits per heavy atom. The van der Waals surface area contributed by atoms with E-state index >= 15 is 0 Å². The van der Waals surface area contributed by atoms with E-state index in [9.17, 15) is 9.18 Å². The number of ether oxygens (including phenoxy) is 1. The van der Waals surface area contributed by atoms with Gasteiger partial charge in [0.2, 0.25) is 0 Å². The third-order valence-corrected chi connectivity index (χ3v) is 5.52. The van der Waals surface area contributed by atoms with Gasteiger partial charge in [-0.2, -0.15) is 4.99 Å². The number of thiazole rings is 1. The molecule has 4 nitrogen and oxygen atoms in total. The maximum absolute atomic E-state index is 13.1. The van der Waals surface area contributed by atoms with Gasteiger partial charge in [-0.3, -0.25) is 4.79 Å². The zero-order chi connectivity index (χ0) is 18.7. The molecule has 1 heterocycles. The standard InChI is InChI=1S/C18H15Cl2FN2O2S/c1-2-25-10-9-23-16-14(8-7-13(19)15(16)20)26-18(23)22-17(24)11-3-5-12(21)6-4-11/h3-8H,2,9-10H2,1H3. The van der Waals surface area contributed by atoms with Crippen LogP contribution in [0, 0.1) is 5.82 Å². The van der Waals surface area contributed by atoms with Crippen molar-refractivity contribution in [2.24, 2.45) is 4.99 Å². The Hall–Kier alpha value is -1.73. The number of rotatable bonds is 5. The van der Waals surface area contributed by atoms with Crippen molar-refractivity contribution in [1.82, 2.24) is 4.57 Å². The van der Waals surface area contributed by atoms with Crippen molar-refractivity contribution < 1.29 is 13.9 Å². The van der Waals surface area contributed by atoms with E-state index in [0.29, 0.717) is 40.2 Å². The quantitative estimate of drug-likeness (QED) is 0.557. The SMILES string of the molecule is CCOCCn1c(=NC(=O)c2ccc(F)cc2)sc2ccc(Cl)c(Cl)c21. The molecule has 2 aromatic carbocycles. The van der Waals surface area contributed by atoms with Gasteiger partial charge in [-0.05, 0) is 43.3 Å². The molecule has 0 saturated heterocycles. The Kier molecular flexibility index (Phi) is 6.09. The van der Waals surface area contributed by atoms with Gasteiger partial charge in [0, 0.05) is 18.7 Å². The van der Waals surface area contributed by atoms with Gasteiger partial charge < -0.3 is 9.30 Å². The fraction of sp³-hybridized carbons (Fsp3) is 0.222. The summed E-state index contributed by atoms with van der Waals surface area (Å²) in [5.74, 6) is -0.861. The molecule has 3 aromatic rings. The van der Waals surface area contributed by atoms with Crippen LogP contribution in [0.3, 0.4) is 0 Å². The largest absolute Gasteiger partial charge is 0.380 e. The highest BCUT2D eigenvalue weighted by Gasteiger charge is 2.14. The molecule has 0 aliphatic heterocycles. The Morgan fingerprint density at radius 2 is 1.96 bits per heavy atom. The van der Waals surface area contributed by atoms with E-state index < -0.39 is 11.7 Å². The van der Waals surface area contributed by atoms with E-state index in [1.54, 1.807) is 6.07 Å². The first-order chi connectivity index (χ1) is 12.5. The normalized spacial score (nSPS) is 12.1. The van der Waals surface area contributed by atoms with Crippen LogP contribution in [0.4, 0.5) is 4.39 Å². The van der Waals surface area contributed by atoms with Crippen molar-refractivity contribution in [3.8, 4) is 0 Å². The lowest BCUT2D eigenvalue weighted by Crippen LogP contribution is -2.20. The van der Waals surface area contributed by atoms with Crippen LogP contribution < -0.4 is 4.80 Å². The van der Waals surface area contributed by atoms with Gasteiger partial charge in [-0.25, -0.2) is 4.39 Å². The van der Waals surface area contributed by atoms with E-state index in [0.717, 1.165) is 10.2 Å². The Morgan fingerprint density at radius 3 is 2.65 bits per heavy atom. The highest BCUT2D eigenvalue weighted by atomic mass is 35.5. The first-order valence-electron chi connectivity index (χ1n) is 7.91. The Labute approximate surface area is 163 Å². The number of carbonyl (C=O) groups is 1. The van der Waals surface area contributed by atoms with Crippen LogP contribution in [-0.4, -0.2) is 23.7 Å². The number of hydrogen-bond donors (Lipinski definition) is 0. The van der Waals surface area contributed by atoms with Crippen molar-refractivity contribution in [2.75, 3.05) is 13.2 Å². The van der Waals surface area contributed by atoms with Crippen LogP contribution >= 0.6 is 34.5 Å². The number of aromatic nitrogens is 1. The number of benzene rings is 2. The van der Waals surface area contributed by atoms with Crippen LogP contribution in [0.15, 0.2) is 41.4 Å². The third kappa shape index (κ3) is 3.99. The minimum absolute atomic E-state index is 0.310. The van der Waals surface area contributed by atoms with E-state index in [2.05, 4.69) is 4.99 Å². The van der Waals surface area contributed by atoms with E-state index in [4.69, 9.17) is 27.9 Å². The summed E-state index contributed by atoms with van der Waals surface area (Å²) in [5.41, 5.74) is 1.03. The fourth-order valence-electron chi connectivity index (χ4n) is 2.44. The van der Waals surface area contributed by atoms with Crippen LogP contribution in [0.1, 0.15) is 17.3 Å². The number of hydrogen-bond acceptors (Lipinski definition) is 3. The molecule has 3 rings (SSSR count). The lowest BCUT2D eigenvalue weighted by molar-refractivity contribution is 0.0996. The minimum atomic E-state index is -0.455. The number of nitrogens with zero attached hydrogens (tertiary/aromatic N) is 2. The lowest BCUT2D eigenvalue weighted by Gasteiger charge is -2.07. The first kappa shape index (κ1) is 19.0. The van der Waals surface area contributed by atoms with Gasteiger partial charge >= 0.3 is 0 Å². The summed E-state index contributed by atoms with van der Waals surface area (Å²) in [6.07, 6.45) is 0. The second kappa shape index (κ2) is 8.31. The summed E-state index contributed by atoms with van der Waals surface area (Å²) in [6, 6.07) is 8.82. The van der Waals surface area contributed by atoms with Crippen LogP contribution in [0.5, 0.6) is 0 Å². The molecule has 0 saturated carbocycles. The van der Waals surface area contributed by atoms with E-state index in [-0.39, 0.29) is 0 Å². The van der Waals surface area contributed by atoms with Crippen LogP contribution in [0.2, 0.25) is 10.0 Å². The van der Waals surface area contributed by atoms with Crippen molar-refractivity contribution in [3.63, 3.8) is 0 Å². The highest BCUT2D eigenvalue weighted by molar-refractivity contribution is 7.16. The van der Waals surface area contributed by atoms with Gasteiger partial charge in [0.25, 0.3) is 5.91 Å². The number of carbonyl (C=O) groups excluding carboxylic acids is 1. The molecule has 26 heavy (non-hydrogen) atoms. The summed E-state index contributed by atoms with van der Waals surface area (Å²) in [5, 5.41) is 0.839. The molecule has 1 aromatic heterocycles. The number of fused-ring (bicyclic) bond motifs is 1. The summed E-state index contributed by atoms with van der Waals surface area (Å²) in [4.78, 5) is 17.1. The third-order valence-electron chi connectivity index (χ3n) is 3.69. The smallest absolute Gasteiger partial charge is 0.279 e. The van der Waals surface area contributed by atoms with Crippen LogP contribution in [-0.2, 0) is 11.3 Å². The topological polar surface area (TPSA) is 43.6 Å². The zero-order valence-corrected chi connectivity index (χ0v) is 16.2. The molecular weight excluding hydrogens is 398 g/mol. The van der Waals surface area contributed by atoms with Crippen molar-refractivity contribution in [2.45, 2.75) is 13.5 Å². The van der Waals surface area contributed by atoms with Gasteiger partial charge in [0.05, 0.1) is 26.9 Å². The molecule has 0 N–H and O–H groups in total. The lowest BCUT2D eigenvalue weighted by atomic mass is 10.2. The van der Waals surface area contributed by atoms with Crippen molar-refractivity contribution >= 4 is 50.7 Å². The fourth-order valence-corrected chi connectivity index (χ4v) is 3.98. The second-order valence-electron chi connectivity index (χ2n) is 5.37. The summed E-state index contributed by atoms with van der Waals surface area (Å²) < 4.78 is 21.2. The summed E-state index contributed by atoms with van der Waals surface area (Å²) >= 11 is 13.8. The zero-order valence-electron chi connectivity index (χ0n) is 13.8. The van der Waals surface area contributed by atoms with Crippen molar-refractivity contribution in [1.29, 1.82) is 0 Å². The van der Waals surface area contributed by atoms with Gasteiger partial charge in [0.15, 0.2) is 4.80 Å². The average Bonchev–Trinajstić information content (AvgIpc) is 2.97. The van der Waals surface area contributed by atoms with Gasteiger partial charge in [-0.15, -0.1) is 0 Å². The monoisotopic (exact) mass is 412 g/mol. The molecule has 0 radical (unpaired) electrons. The predicted octanol–water partition coefficient (Wildman–Crippen LogP) is 4.93. The average molecular weight is 413 g/mol. The molecule has 0 aliphatic carbocycles. The first-order valence-corrected chi connectivity index (χ1v) is 9.48. The Bertz CT molecular complexity index is 1010. The summed E-state index contributed by atoms with van der Waals surface area (Å²) in [7, 11) is 0. The van der Waals surface area contributed by atoms with Gasteiger partial charge in [-0.1, -0.05) is 34.5 Å². The molecule has 1 amide bonds. The van der Waals surface area contributed by atoms with E-state index in [1.165, 1.54) is 35.6 Å². The molecule has 0 bridgehead atoms. The van der Waals surface area contributed by atoms with Crippen LogP contribution in [0.25, 0.3) is 10.2 Å². The number of halogens is 3.